The molecule has 5 heteroatoms. The number of rotatable bonds is 3. The van der Waals surface area contributed by atoms with Gasteiger partial charge in [0.15, 0.2) is 0 Å². The van der Waals surface area contributed by atoms with Crippen molar-refractivity contribution in [3.05, 3.63) is 42.2 Å². The molecule has 1 N–H and O–H groups in total. The van der Waals surface area contributed by atoms with Crippen molar-refractivity contribution >= 4 is 17.2 Å². The third kappa shape index (κ3) is 1.93. The van der Waals surface area contributed by atoms with Crippen LogP contribution in [0, 0.1) is 0 Å². The predicted molar refractivity (Wildman–Crippen MR) is 84.9 cm³/mol. The van der Waals surface area contributed by atoms with Gasteiger partial charge in [-0.3, -0.25) is 9.48 Å². The molecule has 0 amide bonds. The number of aliphatic carboxylic acids is 1. The lowest BCUT2D eigenvalue weighted by molar-refractivity contribution is -0.135. The molecule has 0 bridgehead atoms. The second-order valence-corrected chi connectivity index (χ2v) is 5.92. The molecule has 2 aromatic rings. The lowest BCUT2D eigenvalue weighted by atomic mass is 10.00. The summed E-state index contributed by atoms with van der Waals surface area (Å²) in [5, 5.41) is 13.5. The molecular formula is C17H17N3O2. The van der Waals surface area contributed by atoms with Gasteiger partial charge >= 0.3 is 5.97 Å². The van der Waals surface area contributed by atoms with E-state index < -0.39 is 5.97 Å². The summed E-state index contributed by atoms with van der Waals surface area (Å²) < 4.78 is 2.08. The predicted octanol–water partition coefficient (Wildman–Crippen LogP) is 2.41. The molecule has 1 aromatic carbocycles. The van der Waals surface area contributed by atoms with Crippen molar-refractivity contribution in [2.45, 2.75) is 19.4 Å². The Balaban J connectivity index is 1.74. The molecule has 0 aliphatic carbocycles. The Morgan fingerprint density at radius 2 is 2.23 bits per heavy atom. The average molecular weight is 295 g/mol. The molecule has 0 saturated carbocycles. The molecular weight excluding hydrogens is 278 g/mol. The molecule has 0 saturated heterocycles. The minimum atomic E-state index is -0.820. The fraction of sp³-hybridized carbons (Fsp3) is 0.294. The zero-order chi connectivity index (χ0) is 15.3. The number of benzene rings is 1. The van der Waals surface area contributed by atoms with E-state index in [2.05, 4.69) is 28.5 Å². The van der Waals surface area contributed by atoms with Gasteiger partial charge in [-0.1, -0.05) is 12.6 Å². The standard InChI is InChI=1S/C17H17N3O2/c1-11-9-19(10-17(21)22)15-5-4-12(7-13(11)15)14-8-18-20-6-2-3-16(14)20/h4-5,7-8H,1-3,6,9-10H2,(H,21,22). The van der Waals surface area contributed by atoms with Gasteiger partial charge < -0.3 is 10.0 Å². The van der Waals surface area contributed by atoms with Gasteiger partial charge in [-0.05, 0) is 36.1 Å². The lowest BCUT2D eigenvalue weighted by Crippen LogP contribution is -2.27. The van der Waals surface area contributed by atoms with Crippen molar-refractivity contribution in [2.75, 3.05) is 18.0 Å². The van der Waals surface area contributed by atoms with Crippen LogP contribution in [-0.2, 0) is 17.8 Å². The van der Waals surface area contributed by atoms with Crippen molar-refractivity contribution in [2.24, 2.45) is 0 Å². The number of aryl methyl sites for hydroxylation is 1. The van der Waals surface area contributed by atoms with Crippen LogP contribution in [0.1, 0.15) is 17.7 Å². The van der Waals surface area contributed by atoms with E-state index in [0.717, 1.165) is 41.8 Å². The summed E-state index contributed by atoms with van der Waals surface area (Å²) in [5.41, 5.74) is 6.61. The summed E-state index contributed by atoms with van der Waals surface area (Å²) in [6.07, 6.45) is 4.15. The summed E-state index contributed by atoms with van der Waals surface area (Å²) in [6.45, 7) is 5.68. The highest BCUT2D eigenvalue weighted by Gasteiger charge is 2.25. The molecule has 0 atom stereocenters. The molecule has 0 radical (unpaired) electrons. The number of fused-ring (bicyclic) bond motifs is 2. The number of hydrogen-bond acceptors (Lipinski definition) is 3. The van der Waals surface area contributed by atoms with Gasteiger partial charge in [0.1, 0.15) is 6.54 Å². The van der Waals surface area contributed by atoms with E-state index in [4.69, 9.17) is 5.11 Å². The van der Waals surface area contributed by atoms with Crippen molar-refractivity contribution in [1.82, 2.24) is 9.78 Å². The molecule has 1 aromatic heterocycles. The van der Waals surface area contributed by atoms with Crippen LogP contribution in [0.4, 0.5) is 5.69 Å². The zero-order valence-electron chi connectivity index (χ0n) is 12.2. The first-order valence-electron chi connectivity index (χ1n) is 7.47. The number of anilines is 1. The number of carboxylic acids is 1. The molecule has 22 heavy (non-hydrogen) atoms. The monoisotopic (exact) mass is 295 g/mol. The third-order valence-electron chi connectivity index (χ3n) is 4.47. The zero-order valence-corrected chi connectivity index (χ0v) is 12.2. The van der Waals surface area contributed by atoms with Gasteiger partial charge in [0, 0.05) is 35.6 Å². The van der Waals surface area contributed by atoms with Crippen LogP contribution >= 0.6 is 0 Å². The molecule has 0 fully saturated rings. The number of nitrogens with zero attached hydrogens (tertiary/aromatic N) is 3. The van der Waals surface area contributed by atoms with Crippen molar-refractivity contribution in [1.29, 1.82) is 0 Å². The average Bonchev–Trinajstić information content (AvgIpc) is 3.14. The van der Waals surface area contributed by atoms with Crippen LogP contribution < -0.4 is 4.90 Å². The topological polar surface area (TPSA) is 58.4 Å². The van der Waals surface area contributed by atoms with Crippen LogP contribution in [0.5, 0.6) is 0 Å². The molecule has 3 heterocycles. The van der Waals surface area contributed by atoms with Crippen molar-refractivity contribution in [3.63, 3.8) is 0 Å². The van der Waals surface area contributed by atoms with Crippen molar-refractivity contribution in [3.8, 4) is 11.1 Å². The first kappa shape index (κ1) is 13.1. The van der Waals surface area contributed by atoms with Crippen LogP contribution in [0.25, 0.3) is 16.7 Å². The maximum Gasteiger partial charge on any atom is 0.323 e. The van der Waals surface area contributed by atoms with Gasteiger partial charge in [0.05, 0.1) is 6.20 Å². The first-order valence-corrected chi connectivity index (χ1v) is 7.47. The number of carbonyl (C=O) groups is 1. The summed E-state index contributed by atoms with van der Waals surface area (Å²) in [6, 6.07) is 6.18. The van der Waals surface area contributed by atoms with Crippen LogP contribution in [0.15, 0.2) is 31.0 Å². The van der Waals surface area contributed by atoms with Crippen LogP contribution in [0.3, 0.4) is 0 Å². The molecule has 2 aliphatic heterocycles. The van der Waals surface area contributed by atoms with Gasteiger partial charge in [-0.25, -0.2) is 0 Å². The minimum Gasteiger partial charge on any atom is -0.480 e. The summed E-state index contributed by atoms with van der Waals surface area (Å²) >= 11 is 0. The Labute approximate surface area is 128 Å². The Morgan fingerprint density at radius 1 is 1.36 bits per heavy atom. The molecule has 0 spiro atoms. The van der Waals surface area contributed by atoms with Gasteiger partial charge in [-0.2, -0.15) is 5.10 Å². The van der Waals surface area contributed by atoms with Gasteiger partial charge in [0.25, 0.3) is 0 Å². The molecule has 112 valence electrons. The molecule has 4 rings (SSSR count). The van der Waals surface area contributed by atoms with E-state index in [1.807, 2.05) is 17.2 Å². The SMILES string of the molecule is C=C1CN(CC(=O)O)c2ccc(-c3cnn4c3CCC4)cc21. The second-order valence-electron chi connectivity index (χ2n) is 5.92. The highest BCUT2D eigenvalue weighted by atomic mass is 16.4. The van der Waals surface area contributed by atoms with E-state index in [-0.39, 0.29) is 6.54 Å². The Morgan fingerprint density at radius 3 is 3.05 bits per heavy atom. The number of aromatic nitrogens is 2. The first-order chi connectivity index (χ1) is 10.6. The molecule has 2 aliphatic rings. The number of hydrogen-bond donors (Lipinski definition) is 1. The third-order valence-corrected chi connectivity index (χ3v) is 4.47. The smallest absolute Gasteiger partial charge is 0.323 e. The van der Waals surface area contributed by atoms with E-state index in [0.29, 0.717) is 6.54 Å². The Kier molecular flexibility index (Phi) is 2.82. The Hall–Kier alpha value is -2.56. The summed E-state index contributed by atoms with van der Waals surface area (Å²) in [5.74, 6) is -0.820. The fourth-order valence-corrected chi connectivity index (χ4v) is 3.47. The lowest BCUT2D eigenvalue weighted by Gasteiger charge is -2.16. The molecule has 0 unspecified atom stereocenters. The van der Waals surface area contributed by atoms with Crippen LogP contribution in [0.2, 0.25) is 0 Å². The molecule has 5 nitrogen and oxygen atoms in total. The van der Waals surface area contributed by atoms with E-state index in [1.165, 1.54) is 11.3 Å². The minimum absolute atomic E-state index is 0.00848. The second kappa shape index (κ2) is 4.73. The van der Waals surface area contributed by atoms with Gasteiger partial charge in [-0.15, -0.1) is 0 Å². The van der Waals surface area contributed by atoms with E-state index in [1.54, 1.807) is 0 Å². The number of carboxylic acid groups (broad SMARTS) is 1. The quantitative estimate of drug-likeness (QED) is 0.944. The van der Waals surface area contributed by atoms with Crippen LogP contribution in [-0.4, -0.2) is 33.9 Å². The Bertz CT molecular complexity index is 791. The maximum absolute atomic E-state index is 11.0. The summed E-state index contributed by atoms with van der Waals surface area (Å²) in [4.78, 5) is 12.8. The van der Waals surface area contributed by atoms with E-state index >= 15 is 0 Å². The highest BCUT2D eigenvalue weighted by molar-refractivity contribution is 5.90. The highest BCUT2D eigenvalue weighted by Crippen LogP contribution is 2.38. The fourth-order valence-electron chi connectivity index (χ4n) is 3.47. The van der Waals surface area contributed by atoms with E-state index in [9.17, 15) is 4.79 Å². The normalized spacial score (nSPS) is 16.0. The largest absolute Gasteiger partial charge is 0.480 e. The maximum atomic E-state index is 11.0. The van der Waals surface area contributed by atoms with Gasteiger partial charge in [0.2, 0.25) is 0 Å². The summed E-state index contributed by atoms with van der Waals surface area (Å²) in [7, 11) is 0. The van der Waals surface area contributed by atoms with Crippen molar-refractivity contribution < 1.29 is 9.90 Å².